The molecule has 0 radical (unpaired) electrons. The normalized spacial score (nSPS) is 19.5. The number of hydrogen-bond acceptors (Lipinski definition) is 4. The monoisotopic (exact) mass is 384 g/mol. The van der Waals surface area contributed by atoms with Crippen LogP contribution in [0.5, 0.6) is 0 Å². The van der Waals surface area contributed by atoms with E-state index in [4.69, 9.17) is 5.11 Å². The van der Waals surface area contributed by atoms with Gasteiger partial charge in [-0.1, -0.05) is 12.1 Å². The molecule has 1 fully saturated rings. The van der Waals surface area contributed by atoms with Crippen LogP contribution in [0.2, 0.25) is 0 Å². The Labute approximate surface area is 163 Å². The molecule has 0 bridgehead atoms. The second kappa shape index (κ2) is 8.24. The number of nitrogens with zero attached hydrogens (tertiary/aromatic N) is 3. The van der Waals surface area contributed by atoms with Crippen molar-refractivity contribution in [2.75, 3.05) is 6.54 Å². The predicted molar refractivity (Wildman–Crippen MR) is 101 cm³/mol. The lowest BCUT2D eigenvalue weighted by atomic mass is 9.84. The highest BCUT2D eigenvalue weighted by Crippen LogP contribution is 2.36. The van der Waals surface area contributed by atoms with Crippen LogP contribution in [0, 0.1) is 5.92 Å². The quantitative estimate of drug-likeness (QED) is 0.789. The molecule has 1 aliphatic heterocycles. The number of carboxylic acids is 1. The van der Waals surface area contributed by atoms with E-state index >= 15 is 0 Å². The number of nitrogens with one attached hydrogen (secondary N) is 1. The van der Waals surface area contributed by atoms with Gasteiger partial charge in [-0.05, 0) is 31.0 Å². The Kier molecular flexibility index (Phi) is 5.77. The maximum Gasteiger partial charge on any atom is 0.335 e. The predicted octanol–water partition coefficient (Wildman–Crippen LogP) is 1.73. The smallest absolute Gasteiger partial charge is 0.335 e. The fourth-order valence-electron chi connectivity index (χ4n) is 3.69. The van der Waals surface area contributed by atoms with E-state index in [0.29, 0.717) is 25.9 Å². The third-order valence-electron chi connectivity index (χ3n) is 5.12. The maximum atomic E-state index is 12.9. The molecule has 148 valence electrons. The average molecular weight is 384 g/mol. The van der Waals surface area contributed by atoms with E-state index in [0.717, 1.165) is 11.1 Å². The van der Waals surface area contributed by atoms with Crippen LogP contribution in [0.25, 0.3) is 0 Å². The van der Waals surface area contributed by atoms with Gasteiger partial charge in [-0.15, -0.1) is 0 Å². The standard InChI is InChI=1S/C20H24N4O4/c1-3-24-17(25)9-8-16(18(24)15-11-22-23(2)12-15)19(26)21-10-13-4-6-14(7-5-13)20(27)28/h4-7,11-12,16,18H,3,8-10H2,1-2H3,(H,21,26)(H,27,28). The molecule has 2 atom stereocenters. The molecule has 8 heteroatoms. The van der Waals surface area contributed by atoms with Gasteiger partial charge in [0, 0.05) is 38.3 Å². The fourth-order valence-corrected chi connectivity index (χ4v) is 3.69. The Balaban J connectivity index is 1.74. The van der Waals surface area contributed by atoms with Crippen LogP contribution in [0.15, 0.2) is 36.7 Å². The van der Waals surface area contributed by atoms with Crippen molar-refractivity contribution in [3.05, 3.63) is 53.3 Å². The first-order chi connectivity index (χ1) is 13.4. The lowest BCUT2D eigenvalue weighted by Gasteiger charge is -2.39. The van der Waals surface area contributed by atoms with Crippen LogP contribution in [0.3, 0.4) is 0 Å². The molecule has 2 N–H and O–H groups in total. The first kappa shape index (κ1) is 19.6. The second-order valence-corrected chi connectivity index (χ2v) is 6.94. The molecule has 1 saturated heterocycles. The largest absolute Gasteiger partial charge is 0.478 e. The molecule has 1 aromatic carbocycles. The summed E-state index contributed by atoms with van der Waals surface area (Å²) >= 11 is 0. The minimum Gasteiger partial charge on any atom is -0.478 e. The highest BCUT2D eigenvalue weighted by Gasteiger charge is 2.40. The zero-order valence-corrected chi connectivity index (χ0v) is 16.0. The summed E-state index contributed by atoms with van der Waals surface area (Å²) in [5.74, 6) is -1.42. The molecule has 1 aliphatic rings. The van der Waals surface area contributed by atoms with Crippen LogP contribution in [0.1, 0.15) is 47.3 Å². The van der Waals surface area contributed by atoms with Crippen molar-refractivity contribution in [1.29, 1.82) is 0 Å². The van der Waals surface area contributed by atoms with Gasteiger partial charge in [-0.2, -0.15) is 5.10 Å². The SMILES string of the molecule is CCN1C(=O)CCC(C(=O)NCc2ccc(C(=O)O)cc2)C1c1cnn(C)c1. The van der Waals surface area contributed by atoms with Gasteiger partial charge >= 0.3 is 5.97 Å². The van der Waals surface area contributed by atoms with E-state index in [1.165, 1.54) is 12.1 Å². The van der Waals surface area contributed by atoms with Crippen molar-refractivity contribution < 1.29 is 19.5 Å². The molecule has 2 aromatic rings. The van der Waals surface area contributed by atoms with Crippen LogP contribution in [-0.4, -0.2) is 44.1 Å². The van der Waals surface area contributed by atoms with E-state index in [-0.39, 0.29) is 29.3 Å². The first-order valence-corrected chi connectivity index (χ1v) is 9.28. The Hall–Kier alpha value is -3.16. The maximum absolute atomic E-state index is 12.9. The molecule has 28 heavy (non-hydrogen) atoms. The highest BCUT2D eigenvalue weighted by atomic mass is 16.4. The van der Waals surface area contributed by atoms with Gasteiger partial charge in [0.15, 0.2) is 0 Å². The number of hydrogen-bond donors (Lipinski definition) is 2. The van der Waals surface area contributed by atoms with Gasteiger partial charge in [-0.25, -0.2) is 4.79 Å². The van der Waals surface area contributed by atoms with Gasteiger partial charge in [0.25, 0.3) is 0 Å². The molecule has 2 amide bonds. The summed E-state index contributed by atoms with van der Waals surface area (Å²) in [5.41, 5.74) is 1.87. The second-order valence-electron chi connectivity index (χ2n) is 6.94. The number of rotatable bonds is 6. The number of piperidine rings is 1. The summed E-state index contributed by atoms with van der Waals surface area (Å²) in [6.45, 7) is 2.74. The van der Waals surface area contributed by atoms with E-state index in [2.05, 4.69) is 10.4 Å². The van der Waals surface area contributed by atoms with E-state index in [1.54, 1.807) is 35.0 Å². The number of carbonyl (C=O) groups excluding carboxylic acids is 2. The third-order valence-corrected chi connectivity index (χ3v) is 5.12. The number of aryl methyl sites for hydroxylation is 1. The zero-order valence-electron chi connectivity index (χ0n) is 16.0. The number of carbonyl (C=O) groups is 3. The fraction of sp³-hybridized carbons (Fsp3) is 0.400. The molecule has 0 aliphatic carbocycles. The van der Waals surface area contributed by atoms with E-state index in [9.17, 15) is 14.4 Å². The first-order valence-electron chi connectivity index (χ1n) is 9.28. The number of benzene rings is 1. The number of amides is 2. The molecular weight excluding hydrogens is 360 g/mol. The molecule has 0 spiro atoms. The van der Waals surface area contributed by atoms with Gasteiger partial charge < -0.3 is 15.3 Å². The molecular formula is C20H24N4O4. The Morgan fingerprint density at radius 1 is 1.29 bits per heavy atom. The molecule has 2 unspecified atom stereocenters. The third kappa shape index (κ3) is 4.05. The lowest BCUT2D eigenvalue weighted by molar-refractivity contribution is -0.143. The molecule has 8 nitrogen and oxygen atoms in total. The number of carboxylic acid groups (broad SMARTS) is 1. The summed E-state index contributed by atoms with van der Waals surface area (Å²) in [4.78, 5) is 38.0. The van der Waals surface area contributed by atoms with Gasteiger partial charge in [0.05, 0.1) is 23.7 Å². The minimum absolute atomic E-state index is 0.0460. The summed E-state index contributed by atoms with van der Waals surface area (Å²) in [5, 5.41) is 16.1. The number of aromatic carboxylic acids is 1. The average Bonchev–Trinajstić information content (AvgIpc) is 3.12. The molecule has 3 rings (SSSR count). The van der Waals surface area contributed by atoms with Gasteiger partial charge in [0.1, 0.15) is 0 Å². The topological polar surface area (TPSA) is 105 Å². The van der Waals surface area contributed by atoms with Crippen molar-refractivity contribution >= 4 is 17.8 Å². The molecule has 2 heterocycles. The van der Waals surface area contributed by atoms with Crippen molar-refractivity contribution in [2.24, 2.45) is 13.0 Å². The van der Waals surface area contributed by atoms with Crippen molar-refractivity contribution in [2.45, 2.75) is 32.4 Å². The number of aromatic nitrogens is 2. The van der Waals surface area contributed by atoms with Crippen LogP contribution >= 0.6 is 0 Å². The summed E-state index contributed by atoms with van der Waals surface area (Å²) in [6.07, 6.45) is 4.38. The van der Waals surface area contributed by atoms with Crippen LogP contribution in [0.4, 0.5) is 0 Å². The van der Waals surface area contributed by atoms with Crippen LogP contribution in [-0.2, 0) is 23.2 Å². The molecule has 0 saturated carbocycles. The molecule has 1 aromatic heterocycles. The van der Waals surface area contributed by atoms with Crippen molar-refractivity contribution in [3.8, 4) is 0 Å². The van der Waals surface area contributed by atoms with Crippen LogP contribution < -0.4 is 5.32 Å². The minimum atomic E-state index is -0.985. The number of likely N-dealkylation sites (tertiary alicyclic amines) is 1. The van der Waals surface area contributed by atoms with E-state index < -0.39 is 5.97 Å². The Morgan fingerprint density at radius 2 is 2.00 bits per heavy atom. The summed E-state index contributed by atoms with van der Waals surface area (Å²) in [7, 11) is 1.81. The summed E-state index contributed by atoms with van der Waals surface area (Å²) < 4.78 is 1.67. The summed E-state index contributed by atoms with van der Waals surface area (Å²) in [6, 6.07) is 6.06. The van der Waals surface area contributed by atoms with Crippen molar-refractivity contribution in [1.82, 2.24) is 20.0 Å². The Morgan fingerprint density at radius 3 is 2.57 bits per heavy atom. The van der Waals surface area contributed by atoms with E-state index in [1.807, 2.05) is 13.1 Å². The Bertz CT molecular complexity index is 875. The van der Waals surface area contributed by atoms with Crippen molar-refractivity contribution in [3.63, 3.8) is 0 Å². The van der Waals surface area contributed by atoms with Gasteiger partial charge in [-0.3, -0.25) is 14.3 Å². The highest BCUT2D eigenvalue weighted by molar-refractivity contribution is 5.87. The van der Waals surface area contributed by atoms with Gasteiger partial charge in [0.2, 0.25) is 11.8 Å². The zero-order chi connectivity index (χ0) is 20.3. The lowest BCUT2D eigenvalue weighted by Crippen LogP contribution is -2.47.